The molecule has 0 spiro atoms. The minimum absolute atomic E-state index is 0.0239. The van der Waals surface area contributed by atoms with Crippen LogP contribution < -0.4 is 0 Å². The predicted molar refractivity (Wildman–Crippen MR) is 57.3 cm³/mol. The zero-order chi connectivity index (χ0) is 9.97. The summed E-state index contributed by atoms with van der Waals surface area (Å²) in [7, 11) is 0. The molecule has 0 aromatic carbocycles. The average molecular weight is 198 g/mol. The van der Waals surface area contributed by atoms with Crippen LogP contribution in [-0.4, -0.2) is 59.8 Å². The number of aliphatic hydroxyl groups excluding tert-OH is 1. The van der Waals surface area contributed by atoms with Gasteiger partial charge in [-0.2, -0.15) is 0 Å². The molecule has 1 N–H and O–H groups in total. The van der Waals surface area contributed by atoms with E-state index in [4.69, 9.17) is 0 Å². The van der Waals surface area contributed by atoms with E-state index >= 15 is 0 Å². The Kier molecular flexibility index (Phi) is 3.42. The van der Waals surface area contributed by atoms with Gasteiger partial charge in [-0.3, -0.25) is 4.90 Å². The molecule has 1 saturated heterocycles. The monoisotopic (exact) mass is 198 g/mol. The van der Waals surface area contributed by atoms with Gasteiger partial charge >= 0.3 is 0 Å². The molecule has 3 nitrogen and oxygen atoms in total. The second kappa shape index (κ2) is 4.60. The first-order chi connectivity index (χ1) is 6.79. The van der Waals surface area contributed by atoms with Crippen molar-refractivity contribution in [3.05, 3.63) is 0 Å². The third kappa shape index (κ3) is 2.27. The highest BCUT2D eigenvalue weighted by molar-refractivity contribution is 4.85. The lowest BCUT2D eigenvalue weighted by molar-refractivity contribution is 0.0918. The van der Waals surface area contributed by atoms with Gasteiger partial charge in [0.2, 0.25) is 0 Å². The summed E-state index contributed by atoms with van der Waals surface area (Å²) in [6, 6.07) is 0.670. The number of hydrogen-bond acceptors (Lipinski definition) is 3. The lowest BCUT2D eigenvalue weighted by Crippen LogP contribution is -2.49. The Morgan fingerprint density at radius 1 is 1.14 bits per heavy atom. The topological polar surface area (TPSA) is 26.7 Å². The molecule has 2 unspecified atom stereocenters. The van der Waals surface area contributed by atoms with Crippen LogP contribution in [0.1, 0.15) is 26.2 Å². The highest BCUT2D eigenvalue weighted by Gasteiger charge is 2.29. The molecule has 0 bridgehead atoms. The first kappa shape index (κ1) is 10.4. The van der Waals surface area contributed by atoms with Crippen molar-refractivity contribution in [3.8, 4) is 0 Å². The van der Waals surface area contributed by atoms with Gasteiger partial charge in [0.1, 0.15) is 0 Å². The van der Waals surface area contributed by atoms with Crippen molar-refractivity contribution in [3.63, 3.8) is 0 Å². The Bertz CT molecular complexity index is 178. The molecule has 2 fully saturated rings. The van der Waals surface area contributed by atoms with Crippen LogP contribution in [0.2, 0.25) is 0 Å². The van der Waals surface area contributed by atoms with Crippen LogP contribution in [-0.2, 0) is 0 Å². The lowest BCUT2D eigenvalue weighted by atomic mass is 10.2. The van der Waals surface area contributed by atoms with Gasteiger partial charge < -0.3 is 10.0 Å². The molecule has 82 valence electrons. The van der Waals surface area contributed by atoms with E-state index in [1.165, 1.54) is 39.1 Å². The molecule has 1 heterocycles. The normalized spacial score (nSPS) is 36.4. The van der Waals surface area contributed by atoms with Gasteiger partial charge in [-0.05, 0) is 25.8 Å². The highest BCUT2D eigenvalue weighted by Crippen LogP contribution is 2.24. The van der Waals surface area contributed by atoms with Crippen LogP contribution in [0.4, 0.5) is 0 Å². The first-order valence-corrected chi connectivity index (χ1v) is 5.94. The van der Waals surface area contributed by atoms with E-state index in [2.05, 4.69) is 16.7 Å². The smallest absolute Gasteiger partial charge is 0.0555 e. The first-order valence-electron chi connectivity index (χ1n) is 5.94. The fourth-order valence-electron chi connectivity index (χ4n) is 2.71. The Hall–Kier alpha value is -0.120. The lowest BCUT2D eigenvalue weighted by Gasteiger charge is -2.37. The third-order valence-electron chi connectivity index (χ3n) is 3.75. The Morgan fingerprint density at radius 3 is 2.36 bits per heavy atom. The van der Waals surface area contributed by atoms with Crippen molar-refractivity contribution in [2.24, 2.45) is 0 Å². The van der Waals surface area contributed by atoms with Crippen LogP contribution in [0.15, 0.2) is 0 Å². The summed E-state index contributed by atoms with van der Waals surface area (Å²) in [5.41, 5.74) is 0. The van der Waals surface area contributed by atoms with E-state index in [1.54, 1.807) is 0 Å². The van der Waals surface area contributed by atoms with Gasteiger partial charge in [-0.15, -0.1) is 0 Å². The van der Waals surface area contributed by atoms with Crippen molar-refractivity contribution in [1.82, 2.24) is 9.80 Å². The highest BCUT2D eigenvalue weighted by atomic mass is 16.3. The summed E-state index contributed by atoms with van der Waals surface area (Å²) >= 11 is 0. The van der Waals surface area contributed by atoms with Crippen LogP contribution in [0.25, 0.3) is 0 Å². The van der Waals surface area contributed by atoms with E-state index in [9.17, 15) is 5.11 Å². The van der Waals surface area contributed by atoms with Crippen molar-refractivity contribution >= 4 is 0 Å². The van der Waals surface area contributed by atoms with Gasteiger partial charge in [0, 0.05) is 32.2 Å². The molecule has 2 rings (SSSR count). The van der Waals surface area contributed by atoms with Crippen molar-refractivity contribution in [1.29, 1.82) is 0 Å². The Labute approximate surface area is 86.7 Å². The quantitative estimate of drug-likeness (QED) is 0.701. The fraction of sp³-hybridized carbons (Fsp3) is 1.00. The zero-order valence-electron chi connectivity index (χ0n) is 9.15. The summed E-state index contributed by atoms with van der Waals surface area (Å²) in [5, 5.41) is 9.49. The molecule has 0 amide bonds. The van der Waals surface area contributed by atoms with E-state index in [0.29, 0.717) is 6.04 Å². The maximum Gasteiger partial charge on any atom is 0.0555 e. The van der Waals surface area contributed by atoms with Gasteiger partial charge in [0.05, 0.1) is 6.10 Å². The van der Waals surface area contributed by atoms with Crippen LogP contribution >= 0.6 is 0 Å². The number of hydrogen-bond donors (Lipinski definition) is 1. The third-order valence-corrected chi connectivity index (χ3v) is 3.75. The summed E-state index contributed by atoms with van der Waals surface area (Å²) in [4.78, 5) is 5.07. The summed E-state index contributed by atoms with van der Waals surface area (Å²) in [6.07, 6.45) is 3.20. The second-order valence-corrected chi connectivity index (χ2v) is 4.59. The van der Waals surface area contributed by atoms with Crippen molar-refractivity contribution < 1.29 is 5.11 Å². The number of likely N-dealkylation sites (N-methyl/N-ethyl adjacent to an activating group) is 1. The molecular weight excluding hydrogens is 176 g/mol. The molecule has 0 aromatic heterocycles. The Morgan fingerprint density at radius 2 is 1.86 bits per heavy atom. The summed E-state index contributed by atoms with van der Waals surface area (Å²) in [6.45, 7) is 8.23. The molecule has 2 atom stereocenters. The zero-order valence-corrected chi connectivity index (χ0v) is 9.15. The summed E-state index contributed by atoms with van der Waals surface area (Å²) < 4.78 is 0. The number of aliphatic hydroxyl groups is 1. The largest absolute Gasteiger partial charge is 0.393 e. The SMILES string of the molecule is CCN1CCN(C2CCC(O)C2)CC1. The van der Waals surface area contributed by atoms with Crippen molar-refractivity contribution in [2.45, 2.75) is 38.3 Å². The fourth-order valence-corrected chi connectivity index (χ4v) is 2.71. The maximum absolute atomic E-state index is 9.49. The predicted octanol–water partition coefficient (Wildman–Crippen LogP) is 0.537. The maximum atomic E-state index is 9.49. The number of nitrogens with zero attached hydrogens (tertiary/aromatic N) is 2. The van der Waals surface area contributed by atoms with Crippen molar-refractivity contribution in [2.75, 3.05) is 32.7 Å². The molecule has 1 saturated carbocycles. The van der Waals surface area contributed by atoms with E-state index < -0.39 is 0 Å². The molecule has 14 heavy (non-hydrogen) atoms. The van der Waals surface area contributed by atoms with Gasteiger partial charge in [0.25, 0.3) is 0 Å². The molecule has 1 aliphatic heterocycles. The molecule has 3 heteroatoms. The van der Waals surface area contributed by atoms with E-state index in [-0.39, 0.29) is 6.10 Å². The minimum Gasteiger partial charge on any atom is -0.393 e. The number of piperazine rings is 1. The van der Waals surface area contributed by atoms with E-state index in [0.717, 1.165) is 12.8 Å². The molecule has 1 aliphatic carbocycles. The van der Waals surface area contributed by atoms with Crippen LogP contribution in [0.3, 0.4) is 0 Å². The van der Waals surface area contributed by atoms with Gasteiger partial charge in [0.15, 0.2) is 0 Å². The van der Waals surface area contributed by atoms with Gasteiger partial charge in [-0.25, -0.2) is 0 Å². The Balaban J connectivity index is 1.78. The van der Waals surface area contributed by atoms with E-state index in [1.807, 2.05) is 0 Å². The molecular formula is C11H22N2O. The summed E-state index contributed by atoms with van der Waals surface area (Å²) in [5.74, 6) is 0. The molecule has 0 aromatic rings. The van der Waals surface area contributed by atoms with Crippen LogP contribution in [0.5, 0.6) is 0 Å². The number of rotatable bonds is 2. The average Bonchev–Trinajstić information content (AvgIpc) is 2.65. The molecule has 2 aliphatic rings. The standard InChI is InChI=1S/C11H22N2O/c1-2-12-5-7-13(8-6-12)10-3-4-11(14)9-10/h10-11,14H,2-9H2,1H3. The minimum atomic E-state index is -0.0239. The van der Waals surface area contributed by atoms with Gasteiger partial charge in [-0.1, -0.05) is 6.92 Å². The van der Waals surface area contributed by atoms with Crippen LogP contribution in [0, 0.1) is 0 Å². The second-order valence-electron chi connectivity index (χ2n) is 4.59. The molecule has 0 radical (unpaired) electrons.